The molecule has 0 heterocycles. The summed E-state index contributed by atoms with van der Waals surface area (Å²) in [4.78, 5) is 0. The van der Waals surface area contributed by atoms with Gasteiger partial charge in [-0.05, 0) is 0 Å². The van der Waals surface area contributed by atoms with Gasteiger partial charge in [-0.1, -0.05) is 0 Å². The van der Waals surface area contributed by atoms with Crippen molar-refractivity contribution in [1.82, 2.24) is 0 Å². The second-order valence-electron chi connectivity index (χ2n) is 10.2. The zero-order valence-corrected chi connectivity index (χ0v) is 24.0. The average Bonchev–Trinajstić information content (AvgIpc) is 3.04. The second-order valence-corrected chi connectivity index (χ2v) is 21.4. The SMILES string of the molecule is CC[CH2][Ti]([O]c1cccc(C(C)(C)C)c1)([C]1=C([Si](C)(C)C)C=CC1)=[C](C)C.Cl.Cl. The van der Waals surface area contributed by atoms with E-state index in [1.54, 1.807) is 12.9 Å². The molecule has 0 aliphatic heterocycles. The quantitative estimate of drug-likeness (QED) is 0.362. The Morgan fingerprint density at radius 3 is 2.21 bits per heavy atom. The van der Waals surface area contributed by atoms with E-state index in [4.69, 9.17) is 3.32 Å². The van der Waals surface area contributed by atoms with Crippen molar-refractivity contribution >= 4 is 36.7 Å². The number of allylic oxidation sites excluding steroid dienone is 4. The van der Waals surface area contributed by atoms with Crippen molar-refractivity contribution in [2.75, 3.05) is 0 Å². The zero-order valence-electron chi connectivity index (χ0n) is 19.8. The van der Waals surface area contributed by atoms with Crippen LogP contribution in [0.2, 0.25) is 24.4 Å². The molecule has 0 radical (unpaired) electrons. The predicted octanol–water partition coefficient (Wildman–Crippen LogP) is 8.41. The van der Waals surface area contributed by atoms with Gasteiger partial charge in [0.2, 0.25) is 0 Å². The monoisotopic (exact) mass is 491 g/mol. The molecule has 0 aromatic heterocycles. The number of hydrogen-bond acceptors (Lipinski definition) is 1. The number of benzene rings is 1. The first-order valence-corrected chi connectivity index (χ1v) is 17.2. The summed E-state index contributed by atoms with van der Waals surface area (Å²) in [5.74, 6) is 1.08. The molecule has 0 bridgehead atoms. The first-order chi connectivity index (χ1) is 12.4. The van der Waals surface area contributed by atoms with E-state index in [9.17, 15) is 0 Å². The zero-order chi connectivity index (χ0) is 20.5. The van der Waals surface area contributed by atoms with Crippen molar-refractivity contribution in [3.8, 4) is 5.75 Å². The maximum atomic E-state index is 7.12. The summed E-state index contributed by atoms with van der Waals surface area (Å²) in [6.45, 7) is 21.2. The van der Waals surface area contributed by atoms with Crippen LogP contribution in [0, 0.1) is 0 Å². The van der Waals surface area contributed by atoms with Crippen molar-refractivity contribution in [3.05, 3.63) is 51.1 Å². The van der Waals surface area contributed by atoms with Crippen LogP contribution in [0.4, 0.5) is 0 Å². The molecule has 29 heavy (non-hydrogen) atoms. The molecule has 0 saturated carbocycles. The van der Waals surface area contributed by atoms with Gasteiger partial charge < -0.3 is 0 Å². The minimum Gasteiger partial charge on any atom is -0.147 e. The Hall–Kier alpha value is -0.119. The van der Waals surface area contributed by atoms with Crippen LogP contribution in [0.25, 0.3) is 0 Å². The van der Waals surface area contributed by atoms with Gasteiger partial charge in [0, 0.05) is 0 Å². The fourth-order valence-electron chi connectivity index (χ4n) is 4.09. The fourth-order valence-corrected chi connectivity index (χ4v) is 14.6. The van der Waals surface area contributed by atoms with Crippen LogP contribution in [0.1, 0.15) is 59.9 Å². The Morgan fingerprint density at radius 1 is 1.10 bits per heavy atom. The van der Waals surface area contributed by atoms with Gasteiger partial charge in [0.25, 0.3) is 0 Å². The summed E-state index contributed by atoms with van der Waals surface area (Å²) in [5.41, 5.74) is 1.49. The van der Waals surface area contributed by atoms with Gasteiger partial charge >= 0.3 is 173 Å². The summed E-state index contributed by atoms with van der Waals surface area (Å²) < 4.78 is 11.6. The van der Waals surface area contributed by atoms with E-state index in [1.807, 2.05) is 0 Å². The van der Waals surface area contributed by atoms with Gasteiger partial charge in [-0.15, -0.1) is 24.8 Å². The standard InChI is InChI=1S/C10H14O.C8H13Si.C3H7.C3H6.2ClH.Ti/c1-10(2,3)8-5-4-6-9(11)7-8;1-9(2,3)8-6-4-5-7-8;2*1-3-2;;;/h4-7,11H,1-3H3;4,6H,5H2,1-3H3;1,3H2,2H3;1-2H3;2*1H;/q;;;;;;+1/p-1. The van der Waals surface area contributed by atoms with Crippen LogP contribution >= 0.6 is 24.8 Å². The number of rotatable bonds is 6. The van der Waals surface area contributed by atoms with E-state index in [-0.39, 0.29) is 30.2 Å². The van der Waals surface area contributed by atoms with E-state index in [0.29, 0.717) is 0 Å². The minimum atomic E-state index is -2.82. The van der Waals surface area contributed by atoms with E-state index >= 15 is 0 Å². The molecular weight excluding hydrogens is 451 g/mol. The molecule has 0 N–H and O–H groups in total. The molecule has 1 aromatic rings. The average molecular weight is 492 g/mol. The van der Waals surface area contributed by atoms with Crippen molar-refractivity contribution in [2.24, 2.45) is 0 Å². The van der Waals surface area contributed by atoms with Gasteiger partial charge in [0.15, 0.2) is 0 Å². The third-order valence-corrected chi connectivity index (χ3v) is 15.7. The van der Waals surface area contributed by atoms with E-state index in [1.165, 1.54) is 16.7 Å². The van der Waals surface area contributed by atoms with Crippen LogP contribution in [-0.2, 0) is 21.9 Å². The molecule has 1 unspecified atom stereocenters. The summed E-state index contributed by atoms with van der Waals surface area (Å²) >= 11 is -2.82. The van der Waals surface area contributed by atoms with Crippen LogP contribution < -0.4 is 3.32 Å². The molecule has 5 heteroatoms. The van der Waals surface area contributed by atoms with Gasteiger partial charge in [-0.25, -0.2) is 0 Å². The Morgan fingerprint density at radius 2 is 1.72 bits per heavy atom. The Bertz CT molecular complexity index is 807. The Kier molecular flexibility index (Phi) is 10.9. The molecular formula is C24H41Cl2OSiTi. The molecule has 1 nitrogen and oxygen atoms in total. The summed E-state index contributed by atoms with van der Waals surface area (Å²) in [5, 5.41) is 1.66. The molecule has 2 rings (SSSR count). The van der Waals surface area contributed by atoms with Crippen LogP contribution in [0.5, 0.6) is 5.75 Å². The van der Waals surface area contributed by atoms with Gasteiger partial charge in [-0.2, -0.15) is 0 Å². The van der Waals surface area contributed by atoms with Gasteiger partial charge in [0.05, 0.1) is 0 Å². The third-order valence-electron chi connectivity index (χ3n) is 5.63. The maximum absolute atomic E-state index is 7.12. The third kappa shape index (κ3) is 6.68. The van der Waals surface area contributed by atoms with Crippen molar-refractivity contribution < 1.29 is 19.8 Å². The summed E-state index contributed by atoms with van der Waals surface area (Å²) in [7, 11) is -1.38. The van der Waals surface area contributed by atoms with Crippen LogP contribution in [-0.4, -0.2) is 11.9 Å². The van der Waals surface area contributed by atoms with Crippen LogP contribution in [0.15, 0.2) is 45.5 Å². The smallest absolute Gasteiger partial charge is 0.147 e. The predicted molar refractivity (Wildman–Crippen MR) is 136 cm³/mol. The molecule has 1 atom stereocenters. The summed E-state index contributed by atoms with van der Waals surface area (Å²) in [6.07, 6.45) is 7.10. The van der Waals surface area contributed by atoms with Crippen molar-refractivity contribution in [2.45, 2.75) is 84.2 Å². The summed E-state index contributed by atoms with van der Waals surface area (Å²) in [6, 6.07) is 8.86. The number of hydrogen-bond donors (Lipinski definition) is 0. The van der Waals surface area contributed by atoms with Gasteiger partial charge in [0.1, 0.15) is 0 Å². The molecule has 0 amide bonds. The molecule has 165 valence electrons. The second kappa shape index (κ2) is 11.0. The fraction of sp³-hybridized carbons (Fsp3) is 0.542. The van der Waals surface area contributed by atoms with Crippen LogP contribution in [0.3, 0.4) is 0 Å². The first-order valence-electron chi connectivity index (χ1n) is 10.4. The number of halogens is 2. The normalized spacial score (nSPS) is 16.0. The maximum Gasteiger partial charge on any atom is -0.147 e. The first kappa shape index (κ1) is 28.9. The molecule has 1 aromatic carbocycles. The van der Waals surface area contributed by atoms with Crippen molar-refractivity contribution in [3.63, 3.8) is 0 Å². The van der Waals surface area contributed by atoms with Crippen molar-refractivity contribution in [1.29, 1.82) is 0 Å². The van der Waals surface area contributed by atoms with E-state index < -0.39 is 24.6 Å². The molecule has 0 saturated heterocycles. The molecule has 1 aliphatic carbocycles. The van der Waals surface area contributed by atoms with E-state index in [2.05, 4.69) is 97.6 Å². The van der Waals surface area contributed by atoms with Gasteiger partial charge in [-0.3, -0.25) is 0 Å². The molecule has 0 spiro atoms. The molecule has 1 aliphatic rings. The Labute approximate surface area is 196 Å². The van der Waals surface area contributed by atoms with E-state index in [0.717, 1.165) is 12.2 Å². The molecule has 0 fully saturated rings. The topological polar surface area (TPSA) is 9.23 Å². The minimum absolute atomic E-state index is 0. The largest absolute Gasteiger partial charge is 0.147 e. The Balaban J connectivity index is 0.00000392.